The van der Waals surface area contributed by atoms with Crippen molar-refractivity contribution in [1.29, 1.82) is 0 Å². The summed E-state index contributed by atoms with van der Waals surface area (Å²) in [6.45, 7) is 1.68. The second-order valence-electron chi connectivity index (χ2n) is 5.21. The second-order valence-corrected chi connectivity index (χ2v) is 7.45. The number of amides is 1. The molecule has 0 spiro atoms. The van der Waals surface area contributed by atoms with Crippen LogP contribution in [0.2, 0.25) is 0 Å². The minimum atomic E-state index is -3.45. The third kappa shape index (κ3) is 3.27. The Balaban J connectivity index is 2.38. The molecule has 1 aliphatic rings. The summed E-state index contributed by atoms with van der Waals surface area (Å²) >= 11 is 0. The highest BCUT2D eigenvalue weighted by atomic mass is 32.2. The number of carbonyl (C=O) groups excluding carboxylic acids is 1. The SMILES string of the molecule is CCS(=O)(=O)c1ccccc1C(=O)N(CCO)C1CCC1. The second kappa shape index (κ2) is 6.58. The molecule has 0 aliphatic heterocycles. The molecule has 0 unspecified atom stereocenters. The minimum Gasteiger partial charge on any atom is -0.395 e. The molecular weight excluding hydrogens is 290 g/mol. The summed E-state index contributed by atoms with van der Waals surface area (Å²) in [6.07, 6.45) is 2.89. The number of carbonyl (C=O) groups is 1. The van der Waals surface area contributed by atoms with E-state index in [0.717, 1.165) is 19.3 Å². The molecule has 0 bridgehead atoms. The van der Waals surface area contributed by atoms with E-state index in [2.05, 4.69) is 0 Å². The predicted molar refractivity (Wildman–Crippen MR) is 79.9 cm³/mol. The summed E-state index contributed by atoms with van der Waals surface area (Å²) in [5.74, 6) is -0.345. The van der Waals surface area contributed by atoms with Gasteiger partial charge in [-0.1, -0.05) is 19.1 Å². The van der Waals surface area contributed by atoms with Crippen LogP contribution in [0.25, 0.3) is 0 Å². The number of rotatable bonds is 6. The van der Waals surface area contributed by atoms with Crippen LogP contribution in [-0.2, 0) is 9.84 Å². The van der Waals surface area contributed by atoms with E-state index in [-0.39, 0.29) is 41.3 Å². The van der Waals surface area contributed by atoms with E-state index in [0.29, 0.717) is 0 Å². The molecule has 2 rings (SSSR count). The maximum absolute atomic E-state index is 12.7. The molecule has 0 atom stereocenters. The largest absolute Gasteiger partial charge is 0.395 e. The van der Waals surface area contributed by atoms with E-state index in [1.807, 2.05) is 0 Å². The lowest BCUT2D eigenvalue weighted by atomic mass is 9.91. The Bertz CT molecular complexity index is 608. The zero-order valence-corrected chi connectivity index (χ0v) is 13.0. The summed E-state index contributed by atoms with van der Waals surface area (Å²) in [4.78, 5) is 14.4. The first-order chi connectivity index (χ1) is 10.0. The van der Waals surface area contributed by atoms with E-state index in [1.54, 1.807) is 30.0 Å². The summed E-state index contributed by atoms with van der Waals surface area (Å²) in [5.41, 5.74) is 0.208. The molecule has 1 saturated carbocycles. The maximum atomic E-state index is 12.7. The van der Waals surface area contributed by atoms with Crippen molar-refractivity contribution in [2.45, 2.75) is 37.1 Å². The Morgan fingerprint density at radius 2 is 2.00 bits per heavy atom. The van der Waals surface area contributed by atoms with E-state index >= 15 is 0 Å². The van der Waals surface area contributed by atoms with E-state index in [1.165, 1.54) is 6.07 Å². The van der Waals surface area contributed by atoms with Gasteiger partial charge in [0.05, 0.1) is 22.8 Å². The number of nitrogens with zero attached hydrogens (tertiary/aromatic N) is 1. The molecule has 0 aromatic heterocycles. The number of benzene rings is 1. The predicted octanol–water partition coefficient (Wildman–Crippen LogP) is 1.47. The molecule has 1 aromatic rings. The summed E-state index contributed by atoms with van der Waals surface area (Å²) in [7, 11) is -3.45. The molecule has 1 fully saturated rings. The van der Waals surface area contributed by atoms with Crippen molar-refractivity contribution < 1.29 is 18.3 Å². The van der Waals surface area contributed by atoms with Gasteiger partial charge in [-0.15, -0.1) is 0 Å². The summed E-state index contributed by atoms with van der Waals surface area (Å²) < 4.78 is 24.3. The molecule has 21 heavy (non-hydrogen) atoms. The first-order valence-electron chi connectivity index (χ1n) is 7.25. The highest BCUT2D eigenvalue weighted by Gasteiger charge is 2.31. The molecule has 5 nitrogen and oxygen atoms in total. The molecule has 0 heterocycles. The first-order valence-corrected chi connectivity index (χ1v) is 8.90. The summed E-state index contributed by atoms with van der Waals surface area (Å²) in [5, 5.41) is 9.16. The zero-order valence-electron chi connectivity index (χ0n) is 12.2. The van der Waals surface area contributed by atoms with Crippen LogP contribution in [0.4, 0.5) is 0 Å². The number of hydrogen-bond acceptors (Lipinski definition) is 4. The smallest absolute Gasteiger partial charge is 0.255 e. The Labute approximate surface area is 125 Å². The quantitative estimate of drug-likeness (QED) is 0.863. The van der Waals surface area contributed by atoms with E-state index in [9.17, 15) is 13.2 Å². The fraction of sp³-hybridized carbons (Fsp3) is 0.533. The normalized spacial score (nSPS) is 15.5. The standard InChI is InChI=1S/C15H21NO4S/c1-2-21(19,20)14-9-4-3-8-13(14)15(18)16(10-11-17)12-6-5-7-12/h3-4,8-9,12,17H,2,5-7,10-11H2,1H3. The monoisotopic (exact) mass is 311 g/mol. The van der Waals surface area contributed by atoms with Gasteiger partial charge in [0.25, 0.3) is 5.91 Å². The lowest BCUT2D eigenvalue weighted by molar-refractivity contribution is 0.0522. The number of aliphatic hydroxyl groups excluding tert-OH is 1. The van der Waals surface area contributed by atoms with Crippen LogP contribution in [0.5, 0.6) is 0 Å². The van der Waals surface area contributed by atoms with Crippen molar-refractivity contribution in [2.24, 2.45) is 0 Å². The number of aliphatic hydroxyl groups is 1. The Morgan fingerprint density at radius 3 is 2.52 bits per heavy atom. The fourth-order valence-corrected chi connectivity index (χ4v) is 3.57. The van der Waals surface area contributed by atoms with Crippen LogP contribution in [0.1, 0.15) is 36.5 Å². The van der Waals surface area contributed by atoms with Gasteiger partial charge in [-0.25, -0.2) is 8.42 Å². The third-order valence-electron chi connectivity index (χ3n) is 3.95. The Kier molecular flexibility index (Phi) is 5.00. The van der Waals surface area contributed by atoms with Crippen LogP contribution >= 0.6 is 0 Å². The lowest BCUT2D eigenvalue weighted by Gasteiger charge is -2.37. The molecule has 6 heteroatoms. The van der Waals surface area contributed by atoms with Gasteiger partial charge < -0.3 is 10.0 Å². The van der Waals surface area contributed by atoms with E-state index in [4.69, 9.17) is 5.11 Å². The number of sulfone groups is 1. The van der Waals surface area contributed by atoms with Crippen molar-refractivity contribution in [3.63, 3.8) is 0 Å². The molecule has 1 N–H and O–H groups in total. The maximum Gasteiger partial charge on any atom is 0.255 e. The van der Waals surface area contributed by atoms with Crippen LogP contribution in [-0.4, -0.2) is 49.3 Å². The first kappa shape index (κ1) is 16.0. The van der Waals surface area contributed by atoms with Gasteiger partial charge in [0.15, 0.2) is 9.84 Å². The molecule has 1 aromatic carbocycles. The van der Waals surface area contributed by atoms with Crippen molar-refractivity contribution >= 4 is 15.7 Å². The van der Waals surface area contributed by atoms with E-state index < -0.39 is 9.84 Å². The van der Waals surface area contributed by atoms with Crippen LogP contribution < -0.4 is 0 Å². The van der Waals surface area contributed by atoms with Crippen LogP contribution in [0.3, 0.4) is 0 Å². The molecule has 0 saturated heterocycles. The summed E-state index contributed by atoms with van der Waals surface area (Å²) in [6, 6.07) is 6.43. The molecule has 116 valence electrons. The average Bonchev–Trinajstić information content (AvgIpc) is 2.44. The zero-order chi connectivity index (χ0) is 15.5. The topological polar surface area (TPSA) is 74.7 Å². The van der Waals surface area contributed by atoms with Gasteiger partial charge in [-0.3, -0.25) is 4.79 Å². The van der Waals surface area contributed by atoms with Gasteiger partial charge >= 0.3 is 0 Å². The number of hydrogen-bond donors (Lipinski definition) is 1. The highest BCUT2D eigenvalue weighted by molar-refractivity contribution is 7.91. The van der Waals surface area contributed by atoms with Gasteiger partial charge in [-0.2, -0.15) is 0 Å². The van der Waals surface area contributed by atoms with Crippen molar-refractivity contribution in [3.05, 3.63) is 29.8 Å². The van der Waals surface area contributed by atoms with Crippen molar-refractivity contribution in [1.82, 2.24) is 4.90 Å². The van der Waals surface area contributed by atoms with Crippen LogP contribution in [0.15, 0.2) is 29.2 Å². The van der Waals surface area contributed by atoms with Crippen molar-refractivity contribution in [3.8, 4) is 0 Å². The molecule has 1 aliphatic carbocycles. The average molecular weight is 311 g/mol. The van der Waals surface area contributed by atoms with Crippen molar-refractivity contribution in [2.75, 3.05) is 18.9 Å². The molecule has 1 amide bonds. The molecule has 0 radical (unpaired) electrons. The Hall–Kier alpha value is -1.40. The van der Waals surface area contributed by atoms with Crippen LogP contribution in [0, 0.1) is 0 Å². The lowest BCUT2D eigenvalue weighted by Crippen LogP contribution is -2.46. The fourth-order valence-electron chi connectivity index (χ4n) is 2.48. The van der Waals surface area contributed by atoms with Gasteiger partial charge in [0.2, 0.25) is 0 Å². The van der Waals surface area contributed by atoms with Gasteiger partial charge in [-0.05, 0) is 31.4 Å². The van der Waals surface area contributed by atoms with Gasteiger partial charge in [0.1, 0.15) is 0 Å². The Morgan fingerprint density at radius 1 is 1.33 bits per heavy atom. The molecular formula is C15H21NO4S. The third-order valence-corrected chi connectivity index (χ3v) is 5.74. The minimum absolute atomic E-state index is 0.0410. The highest BCUT2D eigenvalue weighted by Crippen LogP contribution is 2.27. The van der Waals surface area contributed by atoms with Gasteiger partial charge in [0, 0.05) is 12.6 Å².